The summed E-state index contributed by atoms with van der Waals surface area (Å²) in [5, 5.41) is 18.8. The highest BCUT2D eigenvalue weighted by Crippen LogP contribution is 2.24. The Balaban J connectivity index is 1.64. The van der Waals surface area contributed by atoms with E-state index < -0.39 is 4.92 Å². The Morgan fingerprint density at radius 2 is 2.00 bits per heavy atom. The van der Waals surface area contributed by atoms with Crippen molar-refractivity contribution in [1.29, 1.82) is 0 Å². The predicted octanol–water partition coefficient (Wildman–Crippen LogP) is 2.61. The third kappa shape index (κ3) is 4.11. The lowest BCUT2D eigenvalue weighted by Gasteiger charge is -2.15. The molecule has 3 heterocycles. The fraction of sp³-hybridized carbons (Fsp3) is 0.333. The van der Waals surface area contributed by atoms with E-state index in [2.05, 4.69) is 15.3 Å². The summed E-state index contributed by atoms with van der Waals surface area (Å²) in [6.45, 7) is 3.48. The fourth-order valence-electron chi connectivity index (χ4n) is 3.75. The SMILES string of the molecule is Cn1cccc1-c1cc(C(=O)NCCN2CCCC2)n(-c2cccc([N+](=O)[O-])c2)n1. The van der Waals surface area contributed by atoms with Gasteiger partial charge in [-0.2, -0.15) is 5.10 Å². The van der Waals surface area contributed by atoms with E-state index in [-0.39, 0.29) is 11.6 Å². The predicted molar refractivity (Wildman–Crippen MR) is 113 cm³/mol. The number of benzene rings is 1. The van der Waals surface area contributed by atoms with Crippen LogP contribution in [0.5, 0.6) is 0 Å². The first kappa shape index (κ1) is 19.8. The van der Waals surface area contributed by atoms with E-state index in [9.17, 15) is 14.9 Å². The number of nitro groups is 1. The van der Waals surface area contributed by atoms with Gasteiger partial charge in [0.15, 0.2) is 0 Å². The molecule has 9 heteroatoms. The van der Waals surface area contributed by atoms with Crippen molar-refractivity contribution in [2.24, 2.45) is 7.05 Å². The molecule has 0 bridgehead atoms. The van der Waals surface area contributed by atoms with Gasteiger partial charge in [0, 0.05) is 38.5 Å². The first-order valence-corrected chi connectivity index (χ1v) is 10.00. The highest BCUT2D eigenvalue weighted by atomic mass is 16.6. The molecular weight excluding hydrogens is 384 g/mol. The molecule has 0 saturated carbocycles. The maximum absolute atomic E-state index is 13.0. The number of likely N-dealkylation sites (tertiary alicyclic amines) is 1. The van der Waals surface area contributed by atoms with Crippen molar-refractivity contribution >= 4 is 11.6 Å². The third-order valence-electron chi connectivity index (χ3n) is 5.35. The van der Waals surface area contributed by atoms with Gasteiger partial charge in [-0.1, -0.05) is 6.07 Å². The van der Waals surface area contributed by atoms with Gasteiger partial charge in [-0.25, -0.2) is 4.68 Å². The van der Waals surface area contributed by atoms with Gasteiger partial charge in [0.2, 0.25) is 0 Å². The normalized spacial score (nSPS) is 14.2. The van der Waals surface area contributed by atoms with Crippen LogP contribution in [0.25, 0.3) is 17.1 Å². The Labute approximate surface area is 174 Å². The standard InChI is InChI=1S/C21H24N6O3/c1-24-10-5-8-19(24)18-15-20(21(28)22-9-13-25-11-2-3-12-25)26(23-18)16-6-4-7-17(14-16)27(29)30/h4-8,10,14-15H,2-3,9,11-13H2,1H3,(H,22,28). The number of nitrogens with one attached hydrogen (secondary N) is 1. The van der Waals surface area contributed by atoms with Gasteiger partial charge in [0.05, 0.1) is 16.3 Å². The van der Waals surface area contributed by atoms with Crippen LogP contribution in [-0.4, -0.2) is 56.3 Å². The van der Waals surface area contributed by atoms with Gasteiger partial charge in [0.1, 0.15) is 11.4 Å². The van der Waals surface area contributed by atoms with Crippen molar-refractivity contribution in [3.05, 3.63) is 64.5 Å². The summed E-state index contributed by atoms with van der Waals surface area (Å²) < 4.78 is 3.38. The summed E-state index contributed by atoms with van der Waals surface area (Å²) in [7, 11) is 1.90. The van der Waals surface area contributed by atoms with E-state index in [1.54, 1.807) is 18.2 Å². The number of amides is 1. The molecule has 1 aliphatic rings. The van der Waals surface area contributed by atoms with Crippen LogP contribution in [0, 0.1) is 10.1 Å². The molecule has 1 fully saturated rings. The highest BCUT2D eigenvalue weighted by molar-refractivity contribution is 5.94. The molecule has 4 rings (SSSR count). The minimum Gasteiger partial charge on any atom is -0.349 e. The van der Waals surface area contributed by atoms with Gasteiger partial charge >= 0.3 is 0 Å². The minimum atomic E-state index is -0.457. The van der Waals surface area contributed by atoms with Crippen molar-refractivity contribution in [3.63, 3.8) is 0 Å². The largest absolute Gasteiger partial charge is 0.349 e. The Kier molecular flexibility index (Phi) is 5.62. The van der Waals surface area contributed by atoms with Crippen LogP contribution in [-0.2, 0) is 7.05 Å². The van der Waals surface area contributed by atoms with E-state index in [0.29, 0.717) is 23.6 Å². The lowest BCUT2D eigenvalue weighted by Crippen LogP contribution is -2.34. The second-order valence-electron chi connectivity index (χ2n) is 7.41. The summed E-state index contributed by atoms with van der Waals surface area (Å²) in [6, 6.07) is 11.7. The third-order valence-corrected chi connectivity index (χ3v) is 5.35. The molecule has 1 aliphatic heterocycles. The number of non-ortho nitro benzene ring substituents is 1. The number of aryl methyl sites for hydroxylation is 1. The van der Waals surface area contributed by atoms with Gasteiger partial charge < -0.3 is 14.8 Å². The summed E-state index contributed by atoms with van der Waals surface area (Å²) >= 11 is 0. The van der Waals surface area contributed by atoms with E-state index in [0.717, 1.165) is 25.3 Å². The molecule has 156 valence electrons. The Morgan fingerprint density at radius 1 is 1.20 bits per heavy atom. The molecule has 0 radical (unpaired) electrons. The number of carbonyl (C=O) groups is 1. The van der Waals surface area contributed by atoms with E-state index in [4.69, 9.17) is 0 Å². The molecule has 0 aliphatic carbocycles. The van der Waals surface area contributed by atoms with Crippen LogP contribution >= 0.6 is 0 Å². The van der Waals surface area contributed by atoms with E-state index in [1.165, 1.54) is 29.7 Å². The van der Waals surface area contributed by atoms with Crippen LogP contribution in [0.1, 0.15) is 23.3 Å². The molecular formula is C21H24N6O3. The Bertz CT molecular complexity index is 1060. The number of nitro benzene ring substituents is 1. The van der Waals surface area contributed by atoms with Crippen LogP contribution in [0.15, 0.2) is 48.7 Å². The smallest absolute Gasteiger partial charge is 0.271 e. The lowest BCUT2D eigenvalue weighted by molar-refractivity contribution is -0.384. The van der Waals surface area contributed by atoms with Crippen LogP contribution in [0.2, 0.25) is 0 Å². The van der Waals surface area contributed by atoms with Crippen molar-refractivity contribution < 1.29 is 9.72 Å². The average Bonchev–Trinajstić information content (AvgIpc) is 3.48. The Morgan fingerprint density at radius 3 is 2.70 bits per heavy atom. The van der Waals surface area contributed by atoms with E-state index in [1.807, 2.05) is 29.9 Å². The maximum Gasteiger partial charge on any atom is 0.271 e. The molecule has 3 aromatic rings. The molecule has 1 saturated heterocycles. The monoisotopic (exact) mass is 408 g/mol. The van der Waals surface area contributed by atoms with Crippen LogP contribution in [0.3, 0.4) is 0 Å². The number of nitrogens with zero attached hydrogens (tertiary/aromatic N) is 5. The van der Waals surface area contributed by atoms with Gasteiger partial charge in [-0.3, -0.25) is 14.9 Å². The number of rotatable bonds is 7. The molecule has 0 unspecified atom stereocenters. The van der Waals surface area contributed by atoms with Crippen molar-refractivity contribution in [1.82, 2.24) is 24.6 Å². The van der Waals surface area contributed by atoms with Crippen molar-refractivity contribution in [3.8, 4) is 17.1 Å². The molecule has 30 heavy (non-hydrogen) atoms. The molecule has 0 spiro atoms. The van der Waals surface area contributed by atoms with Gasteiger partial charge in [-0.05, 0) is 50.2 Å². The maximum atomic E-state index is 13.0. The molecule has 1 amide bonds. The zero-order valence-corrected chi connectivity index (χ0v) is 16.8. The summed E-state index contributed by atoms with van der Waals surface area (Å²) in [5.41, 5.74) is 2.23. The molecule has 9 nitrogen and oxygen atoms in total. The summed E-state index contributed by atoms with van der Waals surface area (Å²) in [5.74, 6) is -0.256. The summed E-state index contributed by atoms with van der Waals surface area (Å²) in [4.78, 5) is 26.0. The molecule has 1 aromatic carbocycles. The zero-order chi connectivity index (χ0) is 21.1. The quantitative estimate of drug-likeness (QED) is 0.479. The van der Waals surface area contributed by atoms with E-state index >= 15 is 0 Å². The summed E-state index contributed by atoms with van der Waals surface area (Å²) in [6.07, 6.45) is 4.30. The molecule has 0 atom stereocenters. The van der Waals surface area contributed by atoms with Crippen molar-refractivity contribution in [2.45, 2.75) is 12.8 Å². The first-order valence-electron chi connectivity index (χ1n) is 10.00. The molecule has 2 aromatic heterocycles. The van der Waals surface area contributed by atoms with Gasteiger partial charge in [-0.15, -0.1) is 0 Å². The second kappa shape index (κ2) is 8.50. The van der Waals surface area contributed by atoms with Crippen molar-refractivity contribution in [2.75, 3.05) is 26.2 Å². The number of carbonyl (C=O) groups excluding carboxylic acids is 1. The molecule has 1 N–H and O–H groups in total. The number of aromatic nitrogens is 3. The minimum absolute atomic E-state index is 0.0520. The highest BCUT2D eigenvalue weighted by Gasteiger charge is 2.20. The number of hydrogen-bond acceptors (Lipinski definition) is 5. The first-order chi connectivity index (χ1) is 14.5. The fourth-order valence-corrected chi connectivity index (χ4v) is 3.75. The second-order valence-corrected chi connectivity index (χ2v) is 7.41. The van der Waals surface area contributed by atoms with Crippen LogP contribution in [0.4, 0.5) is 5.69 Å². The zero-order valence-electron chi connectivity index (χ0n) is 16.8. The lowest BCUT2D eigenvalue weighted by atomic mass is 10.2. The Hall–Kier alpha value is -3.46. The van der Waals surface area contributed by atoms with Gasteiger partial charge in [0.25, 0.3) is 11.6 Å². The van der Waals surface area contributed by atoms with Crippen LogP contribution < -0.4 is 5.32 Å². The topological polar surface area (TPSA) is 98.2 Å². The average molecular weight is 408 g/mol. The number of hydrogen-bond donors (Lipinski definition) is 1.